The van der Waals surface area contributed by atoms with E-state index < -0.39 is 8.53 Å². The zero-order chi connectivity index (χ0) is 8.85. The van der Waals surface area contributed by atoms with Crippen molar-refractivity contribution in [2.75, 3.05) is 0 Å². The van der Waals surface area contributed by atoms with Crippen molar-refractivity contribution in [1.82, 2.24) is 5.32 Å². The summed E-state index contributed by atoms with van der Waals surface area (Å²) in [6.07, 6.45) is 2.39. The van der Waals surface area contributed by atoms with Gasteiger partial charge in [-0.15, -0.1) is 0 Å². The minimum absolute atomic E-state index is 0.329. The van der Waals surface area contributed by atoms with Crippen LogP contribution in [-0.4, -0.2) is 21.6 Å². The molecule has 0 atom stereocenters. The van der Waals surface area contributed by atoms with Gasteiger partial charge in [-0.2, -0.15) is 0 Å². The second-order valence-electron chi connectivity index (χ2n) is 1.51. The van der Waals surface area contributed by atoms with Crippen LogP contribution < -0.4 is 10.8 Å². The molecule has 0 bridgehead atoms. The standard InChI is InChI=1S/C4H3NO2.H4NO2P/c6-3-1-2-4(7)5-3;1-4(2)3/h1-2H,(H,5,6,7);2-3H,1H2. The van der Waals surface area contributed by atoms with E-state index in [1.54, 1.807) is 0 Å². The Morgan fingerprint density at radius 2 is 1.55 bits per heavy atom. The van der Waals surface area contributed by atoms with Gasteiger partial charge in [-0.05, 0) is 0 Å². The molecule has 6 nitrogen and oxygen atoms in total. The Kier molecular flexibility index (Phi) is 4.56. The van der Waals surface area contributed by atoms with Gasteiger partial charge in [-0.3, -0.25) is 20.4 Å². The highest BCUT2D eigenvalue weighted by Gasteiger charge is 2.06. The Labute approximate surface area is 63.7 Å². The number of amides is 2. The van der Waals surface area contributed by atoms with E-state index in [2.05, 4.69) is 5.50 Å². The first kappa shape index (κ1) is 10.2. The van der Waals surface area contributed by atoms with Gasteiger partial charge in [-0.1, -0.05) is 0 Å². The van der Waals surface area contributed by atoms with Gasteiger partial charge < -0.3 is 9.79 Å². The molecule has 0 aromatic heterocycles. The second kappa shape index (κ2) is 4.92. The summed E-state index contributed by atoms with van der Waals surface area (Å²) in [5.41, 5.74) is 4.29. The summed E-state index contributed by atoms with van der Waals surface area (Å²) in [5, 5.41) is 2.03. The third kappa shape index (κ3) is 7.08. The number of nitrogens with one attached hydrogen (secondary N) is 1. The molecular weight excluding hydrogens is 171 g/mol. The van der Waals surface area contributed by atoms with E-state index >= 15 is 0 Å². The van der Waals surface area contributed by atoms with E-state index in [0.717, 1.165) is 0 Å². The molecular formula is C4H7N2O4P. The number of carbonyl (C=O) groups is 2. The van der Waals surface area contributed by atoms with Crippen molar-refractivity contribution < 1.29 is 19.4 Å². The molecule has 0 fully saturated rings. The smallest absolute Gasteiger partial charge is 0.250 e. The van der Waals surface area contributed by atoms with Gasteiger partial charge in [0.1, 0.15) is 0 Å². The summed E-state index contributed by atoms with van der Waals surface area (Å²) in [4.78, 5) is 35.0. The lowest BCUT2D eigenvalue weighted by molar-refractivity contribution is -0.123. The van der Waals surface area contributed by atoms with Gasteiger partial charge in [0.05, 0.1) is 0 Å². The van der Waals surface area contributed by atoms with E-state index in [0.29, 0.717) is 0 Å². The predicted octanol–water partition coefficient (Wildman–Crippen LogP) is -1.64. The van der Waals surface area contributed by atoms with Crippen LogP contribution in [-0.2, 0) is 9.59 Å². The maximum Gasteiger partial charge on any atom is 0.250 e. The highest BCUT2D eigenvalue weighted by molar-refractivity contribution is 7.42. The van der Waals surface area contributed by atoms with Gasteiger partial charge in [-0.25, -0.2) is 0 Å². The summed E-state index contributed by atoms with van der Waals surface area (Å²) in [5.74, 6) is -0.657. The lowest BCUT2D eigenvalue weighted by Gasteiger charge is -1.80. The highest BCUT2D eigenvalue weighted by atomic mass is 31.2. The molecule has 0 aromatic rings. The van der Waals surface area contributed by atoms with Crippen LogP contribution in [0.1, 0.15) is 0 Å². The van der Waals surface area contributed by atoms with Crippen molar-refractivity contribution in [3.63, 3.8) is 0 Å². The summed E-state index contributed by atoms with van der Waals surface area (Å²) >= 11 is 0. The molecule has 0 spiro atoms. The molecule has 0 radical (unpaired) electrons. The maximum absolute atomic E-state index is 10.0. The van der Waals surface area contributed by atoms with Crippen LogP contribution in [0.5, 0.6) is 0 Å². The minimum Gasteiger partial charge on any atom is -0.338 e. The van der Waals surface area contributed by atoms with Gasteiger partial charge in [0.25, 0.3) is 11.8 Å². The molecule has 11 heavy (non-hydrogen) atoms. The van der Waals surface area contributed by atoms with Crippen molar-refractivity contribution in [1.29, 1.82) is 0 Å². The molecule has 7 heteroatoms. The van der Waals surface area contributed by atoms with Crippen molar-refractivity contribution >= 4 is 20.3 Å². The Morgan fingerprint density at radius 3 is 1.64 bits per heavy atom. The first-order chi connectivity index (χ1) is 5.02. The average molecular weight is 178 g/mol. The number of hydrogen-bond donors (Lipinski definition) is 4. The molecule has 62 valence electrons. The Morgan fingerprint density at radius 1 is 1.27 bits per heavy atom. The molecule has 0 saturated carbocycles. The van der Waals surface area contributed by atoms with Crippen LogP contribution in [0, 0.1) is 0 Å². The molecule has 0 aliphatic carbocycles. The van der Waals surface area contributed by atoms with Crippen LogP contribution in [0.2, 0.25) is 0 Å². The van der Waals surface area contributed by atoms with Crippen LogP contribution in [0.15, 0.2) is 12.2 Å². The zero-order valence-electron chi connectivity index (χ0n) is 5.39. The van der Waals surface area contributed by atoms with Gasteiger partial charge in [0.15, 0.2) is 0 Å². The monoisotopic (exact) mass is 178 g/mol. The molecule has 5 N–H and O–H groups in total. The number of hydrogen-bond acceptors (Lipinski definition) is 5. The minimum atomic E-state index is -2.12. The van der Waals surface area contributed by atoms with E-state index in [4.69, 9.17) is 9.79 Å². The highest BCUT2D eigenvalue weighted by Crippen LogP contribution is 2.05. The van der Waals surface area contributed by atoms with Crippen molar-refractivity contribution in [3.05, 3.63) is 12.2 Å². The summed E-state index contributed by atoms with van der Waals surface area (Å²) in [7, 11) is -2.12. The summed E-state index contributed by atoms with van der Waals surface area (Å²) in [6.45, 7) is 0. The van der Waals surface area contributed by atoms with E-state index in [1.165, 1.54) is 12.2 Å². The third-order valence-corrected chi connectivity index (χ3v) is 0.632. The largest absolute Gasteiger partial charge is 0.338 e. The zero-order valence-corrected chi connectivity index (χ0v) is 6.28. The van der Waals surface area contributed by atoms with Crippen LogP contribution >= 0.6 is 8.53 Å². The lowest BCUT2D eigenvalue weighted by atomic mass is 10.6. The van der Waals surface area contributed by atoms with E-state index in [9.17, 15) is 9.59 Å². The normalized spacial score (nSPS) is 14.5. The molecule has 1 aliphatic heterocycles. The molecule has 0 aromatic carbocycles. The van der Waals surface area contributed by atoms with Gasteiger partial charge >= 0.3 is 0 Å². The Hall–Kier alpha value is -0.810. The van der Waals surface area contributed by atoms with Crippen molar-refractivity contribution in [2.45, 2.75) is 0 Å². The van der Waals surface area contributed by atoms with Gasteiger partial charge in [0, 0.05) is 12.2 Å². The second-order valence-corrected chi connectivity index (χ2v) is 2.15. The Balaban J connectivity index is 0.000000218. The lowest BCUT2D eigenvalue weighted by Crippen LogP contribution is -2.19. The maximum atomic E-state index is 10.0. The summed E-state index contributed by atoms with van der Waals surface area (Å²) in [6, 6.07) is 0. The van der Waals surface area contributed by atoms with Crippen molar-refractivity contribution in [2.24, 2.45) is 5.50 Å². The Bertz CT molecular complexity index is 172. The number of nitrogens with two attached hydrogens (primary N) is 1. The van der Waals surface area contributed by atoms with Crippen LogP contribution in [0.25, 0.3) is 0 Å². The average Bonchev–Trinajstić information content (AvgIpc) is 2.13. The molecule has 1 aliphatic rings. The fourth-order valence-corrected chi connectivity index (χ4v) is 0.356. The molecule has 0 unspecified atom stereocenters. The number of imide groups is 1. The first-order valence-electron chi connectivity index (χ1n) is 2.48. The van der Waals surface area contributed by atoms with Crippen molar-refractivity contribution in [3.8, 4) is 0 Å². The fraction of sp³-hybridized carbons (Fsp3) is 0. The molecule has 0 saturated heterocycles. The SMILES string of the molecule is NP(O)O.O=C1C=CC(=O)N1. The third-order valence-electron chi connectivity index (χ3n) is 0.632. The van der Waals surface area contributed by atoms with Gasteiger partial charge in [0.2, 0.25) is 8.53 Å². The number of rotatable bonds is 0. The fourth-order valence-electron chi connectivity index (χ4n) is 0.356. The van der Waals surface area contributed by atoms with Crippen LogP contribution in [0.3, 0.4) is 0 Å². The quantitative estimate of drug-likeness (QED) is 0.262. The van der Waals surface area contributed by atoms with E-state index in [-0.39, 0.29) is 11.8 Å². The molecule has 2 amide bonds. The predicted molar refractivity (Wildman–Crippen MR) is 37.8 cm³/mol. The van der Waals surface area contributed by atoms with E-state index in [1.807, 2.05) is 5.32 Å². The summed E-state index contributed by atoms with van der Waals surface area (Å²) < 4.78 is 0. The van der Waals surface area contributed by atoms with Crippen LogP contribution in [0.4, 0.5) is 0 Å². The first-order valence-corrected chi connectivity index (χ1v) is 3.79. The molecule has 1 heterocycles. The number of carbonyl (C=O) groups excluding carboxylic acids is 2. The molecule has 1 rings (SSSR count). The topological polar surface area (TPSA) is 113 Å².